The fourth-order valence-electron chi connectivity index (χ4n) is 1.64. The molecule has 0 aromatic rings. The Morgan fingerprint density at radius 3 is 2.75 bits per heavy atom. The van der Waals surface area contributed by atoms with Crippen LogP contribution in [0.15, 0.2) is 0 Å². The maximum atomic E-state index is 11.8. The lowest BCUT2D eigenvalue weighted by atomic mass is 10.1. The summed E-state index contributed by atoms with van der Waals surface area (Å²) in [6.45, 7) is 0.776. The van der Waals surface area contributed by atoms with E-state index in [9.17, 15) is 13.2 Å². The first kappa shape index (κ1) is 13.4. The first-order valence-corrected chi connectivity index (χ1v) is 6.76. The molecule has 94 valence electrons. The molecule has 0 amide bonds. The number of rotatable bonds is 5. The molecule has 6 nitrogen and oxygen atoms in total. The lowest BCUT2D eigenvalue weighted by molar-refractivity contribution is -0.140. The molecule has 1 rings (SSSR count). The molecule has 0 spiro atoms. The molecule has 1 N–H and O–H groups in total. The van der Waals surface area contributed by atoms with Crippen molar-refractivity contribution < 1.29 is 23.1 Å². The van der Waals surface area contributed by atoms with Crippen molar-refractivity contribution in [2.45, 2.75) is 12.8 Å². The highest BCUT2D eigenvalue weighted by molar-refractivity contribution is 7.89. The lowest BCUT2D eigenvalue weighted by Crippen LogP contribution is -2.32. The lowest BCUT2D eigenvalue weighted by Gasteiger charge is -2.15. The number of hydrogen-bond donors (Lipinski definition) is 1. The molecule has 1 aliphatic heterocycles. The van der Waals surface area contributed by atoms with Crippen LogP contribution in [0.25, 0.3) is 0 Å². The summed E-state index contributed by atoms with van der Waals surface area (Å²) in [4.78, 5) is 10.8. The average molecular weight is 251 g/mol. The van der Waals surface area contributed by atoms with Gasteiger partial charge in [0.2, 0.25) is 10.0 Å². The first-order valence-electron chi connectivity index (χ1n) is 5.15. The van der Waals surface area contributed by atoms with Crippen LogP contribution in [0.2, 0.25) is 0 Å². The third-order valence-corrected chi connectivity index (χ3v) is 4.53. The molecule has 1 unspecified atom stereocenters. The summed E-state index contributed by atoms with van der Waals surface area (Å²) in [7, 11) is -2.16. The van der Waals surface area contributed by atoms with Crippen molar-refractivity contribution >= 4 is 16.0 Å². The second-order valence-electron chi connectivity index (χ2n) is 3.84. The molecule has 1 atom stereocenters. The zero-order valence-electron chi connectivity index (χ0n) is 9.26. The molecule has 0 bridgehead atoms. The van der Waals surface area contributed by atoms with Gasteiger partial charge in [-0.2, -0.15) is 0 Å². The highest BCUT2D eigenvalue weighted by Gasteiger charge is 2.31. The first-order chi connectivity index (χ1) is 7.49. The maximum Gasteiger partial charge on any atom is 0.306 e. The normalized spacial score (nSPS) is 22.2. The van der Waals surface area contributed by atoms with Gasteiger partial charge in [-0.15, -0.1) is 0 Å². The third kappa shape index (κ3) is 3.43. The van der Waals surface area contributed by atoms with Gasteiger partial charge in [0, 0.05) is 19.7 Å². The molecule has 0 aromatic carbocycles. The second-order valence-corrected chi connectivity index (χ2v) is 5.93. The van der Waals surface area contributed by atoms with Crippen molar-refractivity contribution in [3.63, 3.8) is 0 Å². The molecule has 16 heavy (non-hydrogen) atoms. The Bertz CT molecular complexity index is 340. The van der Waals surface area contributed by atoms with Crippen molar-refractivity contribution in [1.82, 2.24) is 4.31 Å². The van der Waals surface area contributed by atoms with E-state index in [1.54, 1.807) is 0 Å². The summed E-state index contributed by atoms with van der Waals surface area (Å²) in [5.74, 6) is -0.730. The van der Waals surface area contributed by atoms with E-state index < -0.39 is 16.0 Å². The number of ether oxygens (including phenoxy) is 1. The van der Waals surface area contributed by atoms with Gasteiger partial charge in [0.25, 0.3) is 0 Å². The van der Waals surface area contributed by atoms with E-state index in [0.717, 1.165) is 0 Å². The van der Waals surface area contributed by atoms with Gasteiger partial charge >= 0.3 is 5.97 Å². The van der Waals surface area contributed by atoms with Crippen molar-refractivity contribution in [3.05, 3.63) is 0 Å². The molecule has 0 aromatic heterocycles. The van der Waals surface area contributed by atoms with Crippen molar-refractivity contribution in [2.24, 2.45) is 5.92 Å². The molecule has 1 saturated heterocycles. The Morgan fingerprint density at radius 2 is 2.25 bits per heavy atom. The quantitative estimate of drug-likeness (QED) is 0.646. The Balaban J connectivity index is 2.49. The van der Waals surface area contributed by atoms with Crippen LogP contribution in [0.4, 0.5) is 0 Å². The van der Waals surface area contributed by atoms with Gasteiger partial charge in [0.15, 0.2) is 0 Å². The van der Waals surface area contributed by atoms with Crippen LogP contribution in [0.1, 0.15) is 12.8 Å². The number of carbonyl (C=O) groups excluding carboxylic acids is 1. The topological polar surface area (TPSA) is 83.9 Å². The van der Waals surface area contributed by atoms with E-state index in [1.165, 1.54) is 11.4 Å². The van der Waals surface area contributed by atoms with Gasteiger partial charge in [0.05, 0.1) is 19.3 Å². The summed E-state index contributed by atoms with van der Waals surface area (Å²) >= 11 is 0. The number of sulfonamides is 1. The number of hydrogen-bond acceptors (Lipinski definition) is 5. The van der Waals surface area contributed by atoms with Crippen molar-refractivity contribution in [3.8, 4) is 0 Å². The highest BCUT2D eigenvalue weighted by Crippen LogP contribution is 2.19. The molecule has 0 aliphatic carbocycles. The van der Waals surface area contributed by atoms with E-state index in [0.29, 0.717) is 19.5 Å². The molecule has 0 radical (unpaired) electrons. The predicted octanol–water partition coefficient (Wildman–Crippen LogP) is -0.806. The van der Waals surface area contributed by atoms with Crippen LogP contribution in [-0.2, 0) is 19.6 Å². The standard InChI is InChI=1S/C9H17NO5S/c1-15-9(12)3-5-16(13,14)10-4-2-8(6-10)7-11/h8,11H,2-7H2,1H3. The van der Waals surface area contributed by atoms with Gasteiger partial charge < -0.3 is 9.84 Å². The van der Waals surface area contributed by atoms with Crippen LogP contribution in [0.3, 0.4) is 0 Å². The largest absolute Gasteiger partial charge is 0.469 e. The van der Waals surface area contributed by atoms with E-state index in [1.807, 2.05) is 0 Å². The molecule has 0 saturated carbocycles. The smallest absolute Gasteiger partial charge is 0.306 e. The number of nitrogens with zero attached hydrogens (tertiary/aromatic N) is 1. The fraction of sp³-hybridized carbons (Fsp3) is 0.889. The Kier molecular flexibility index (Phi) is 4.69. The minimum absolute atomic E-state index is 0.00300. The van der Waals surface area contributed by atoms with Crippen molar-refractivity contribution in [2.75, 3.05) is 32.6 Å². The van der Waals surface area contributed by atoms with Crippen molar-refractivity contribution in [1.29, 1.82) is 0 Å². The number of aliphatic hydroxyl groups excluding tert-OH is 1. The predicted molar refractivity (Wildman–Crippen MR) is 57.2 cm³/mol. The van der Waals surface area contributed by atoms with Gasteiger partial charge in [-0.3, -0.25) is 4.79 Å². The van der Waals surface area contributed by atoms with Crippen LogP contribution < -0.4 is 0 Å². The van der Waals surface area contributed by atoms with Gasteiger partial charge in [0.1, 0.15) is 0 Å². The maximum absolute atomic E-state index is 11.8. The number of methoxy groups -OCH3 is 1. The van der Waals surface area contributed by atoms with Crippen LogP contribution in [-0.4, -0.2) is 56.4 Å². The molecule has 1 fully saturated rings. The number of esters is 1. The van der Waals surface area contributed by atoms with E-state index in [2.05, 4.69) is 4.74 Å². The van der Waals surface area contributed by atoms with Crippen LogP contribution in [0, 0.1) is 5.92 Å². The molecule has 7 heteroatoms. The average Bonchev–Trinajstić information content (AvgIpc) is 2.75. The SMILES string of the molecule is COC(=O)CCS(=O)(=O)N1CCC(CO)C1. The molecule has 1 heterocycles. The Hall–Kier alpha value is -0.660. The zero-order chi connectivity index (χ0) is 12.2. The molecular weight excluding hydrogens is 234 g/mol. The van der Waals surface area contributed by atoms with E-state index >= 15 is 0 Å². The van der Waals surface area contributed by atoms with Crippen LogP contribution >= 0.6 is 0 Å². The van der Waals surface area contributed by atoms with Gasteiger partial charge in [-0.25, -0.2) is 12.7 Å². The minimum Gasteiger partial charge on any atom is -0.469 e. The second kappa shape index (κ2) is 5.60. The van der Waals surface area contributed by atoms with Gasteiger partial charge in [-0.1, -0.05) is 0 Å². The Morgan fingerprint density at radius 1 is 1.56 bits per heavy atom. The molecule has 1 aliphatic rings. The minimum atomic E-state index is -3.39. The van der Waals surface area contributed by atoms with E-state index in [4.69, 9.17) is 5.11 Å². The summed E-state index contributed by atoms with van der Waals surface area (Å²) < 4.78 is 29.2. The Labute approximate surface area is 95.2 Å². The number of aliphatic hydroxyl groups is 1. The highest BCUT2D eigenvalue weighted by atomic mass is 32.2. The zero-order valence-corrected chi connectivity index (χ0v) is 10.1. The monoisotopic (exact) mass is 251 g/mol. The fourth-order valence-corrected chi connectivity index (χ4v) is 3.15. The summed E-state index contributed by atoms with van der Waals surface area (Å²) in [6.07, 6.45) is 0.549. The number of carbonyl (C=O) groups is 1. The van der Waals surface area contributed by atoms with E-state index in [-0.39, 0.29) is 24.7 Å². The summed E-state index contributed by atoms with van der Waals surface area (Å²) in [5, 5.41) is 8.91. The third-order valence-electron chi connectivity index (χ3n) is 2.69. The molecular formula is C9H17NO5S. The summed E-state index contributed by atoms with van der Waals surface area (Å²) in [5.41, 5.74) is 0. The summed E-state index contributed by atoms with van der Waals surface area (Å²) in [6, 6.07) is 0. The van der Waals surface area contributed by atoms with Gasteiger partial charge in [-0.05, 0) is 12.3 Å². The van der Waals surface area contributed by atoms with Crippen LogP contribution in [0.5, 0.6) is 0 Å².